The Morgan fingerprint density at radius 1 is 1.05 bits per heavy atom. The average Bonchev–Trinajstić information content (AvgIpc) is 3.16. The Morgan fingerprint density at radius 2 is 1.75 bits per heavy atom. The molecule has 0 bridgehead atoms. The summed E-state index contributed by atoms with van der Waals surface area (Å²) in [5.41, 5.74) is 8.10. The number of anilines is 2. The highest BCUT2D eigenvalue weighted by molar-refractivity contribution is 7.91. The van der Waals surface area contributed by atoms with Crippen LogP contribution >= 0.6 is 0 Å². The standard InChI is InChI=1S/C42H57N7O6S/c1-28(2)33-7-5-6-8-34(33)37-27-46(4)19-20-48(37)31-23-42(24-31)15-17-47(18-16-42)30-9-10-35(39(43)50)38(21-30)56(54,55)32-22-36(49(52)53)40(45-26-32)44-25-29-11-13-41(3,51)14-12-29/h5-10,21-22,26,28-29,31,37,51H,11-20,23-25,27H2,1-4H3,(H2,43,50)(H,44,45)/t29?,37-,41?/m0/s1. The Balaban J connectivity index is 1.04. The smallest absolute Gasteiger partial charge is 0.312 e. The second kappa shape index (κ2) is 15.7. The molecule has 2 aromatic carbocycles. The fourth-order valence-electron chi connectivity index (χ4n) is 9.67. The van der Waals surface area contributed by atoms with E-state index in [0.29, 0.717) is 43.1 Å². The van der Waals surface area contributed by atoms with E-state index in [1.54, 1.807) is 6.07 Å². The molecular formula is C42H57N7O6S. The zero-order valence-corrected chi connectivity index (χ0v) is 33.9. The molecule has 3 heterocycles. The Morgan fingerprint density at radius 3 is 2.41 bits per heavy atom. The molecule has 4 aliphatic rings. The van der Waals surface area contributed by atoms with E-state index in [1.807, 2.05) is 6.92 Å². The minimum atomic E-state index is -4.43. The largest absolute Gasteiger partial charge is 0.390 e. The number of hydrogen-bond acceptors (Lipinski definition) is 11. The highest BCUT2D eigenvalue weighted by Crippen LogP contribution is 2.53. The third-order valence-electron chi connectivity index (χ3n) is 13.2. The lowest BCUT2D eigenvalue weighted by molar-refractivity contribution is -0.384. The summed E-state index contributed by atoms with van der Waals surface area (Å²) < 4.78 is 28.3. The highest BCUT2D eigenvalue weighted by atomic mass is 32.2. The summed E-state index contributed by atoms with van der Waals surface area (Å²) in [6.45, 7) is 11.4. The molecule has 2 aliphatic heterocycles. The molecule has 0 unspecified atom stereocenters. The Bertz CT molecular complexity index is 2050. The quantitative estimate of drug-likeness (QED) is 0.151. The number of pyridine rings is 1. The summed E-state index contributed by atoms with van der Waals surface area (Å²) in [5, 5.41) is 25.5. The summed E-state index contributed by atoms with van der Waals surface area (Å²) in [6, 6.07) is 15.4. The summed E-state index contributed by atoms with van der Waals surface area (Å²) in [7, 11) is -2.22. The predicted octanol–water partition coefficient (Wildman–Crippen LogP) is 6.14. The number of nitrogens with zero attached hydrogens (tertiary/aromatic N) is 5. The first-order valence-corrected chi connectivity index (χ1v) is 21.6. The minimum absolute atomic E-state index is 0.0286. The number of piperazine rings is 1. The van der Waals surface area contributed by atoms with Crippen LogP contribution in [0.1, 0.15) is 106 Å². The number of benzene rings is 2. The number of piperidine rings is 1. The molecule has 0 radical (unpaired) electrons. The topological polar surface area (TPSA) is 175 Å². The van der Waals surface area contributed by atoms with E-state index in [9.17, 15) is 28.4 Å². The Kier molecular flexibility index (Phi) is 11.2. The molecule has 2 aliphatic carbocycles. The van der Waals surface area contributed by atoms with Crippen LogP contribution in [0.2, 0.25) is 0 Å². The fourth-order valence-corrected chi connectivity index (χ4v) is 11.1. The normalized spacial score (nSPS) is 24.9. The zero-order valence-electron chi connectivity index (χ0n) is 33.1. The van der Waals surface area contributed by atoms with Gasteiger partial charge in [-0.2, -0.15) is 0 Å². The number of hydrogen-bond donors (Lipinski definition) is 3. The van der Waals surface area contributed by atoms with Crippen molar-refractivity contribution in [2.75, 3.05) is 56.5 Å². The lowest BCUT2D eigenvalue weighted by Crippen LogP contribution is -2.59. The van der Waals surface area contributed by atoms with Crippen molar-refractivity contribution in [2.24, 2.45) is 17.1 Å². The number of carbonyl (C=O) groups is 1. The lowest BCUT2D eigenvalue weighted by Gasteiger charge is -2.58. The van der Waals surface area contributed by atoms with Gasteiger partial charge in [-0.1, -0.05) is 38.1 Å². The van der Waals surface area contributed by atoms with Crippen molar-refractivity contribution in [2.45, 2.75) is 106 Å². The van der Waals surface area contributed by atoms with Crippen LogP contribution in [0.25, 0.3) is 0 Å². The number of nitrogens with two attached hydrogens (primary N) is 1. The van der Waals surface area contributed by atoms with E-state index in [2.05, 4.69) is 70.2 Å². The molecule has 14 heteroatoms. The van der Waals surface area contributed by atoms with Crippen molar-refractivity contribution in [3.63, 3.8) is 0 Å². The lowest BCUT2D eigenvalue weighted by atomic mass is 9.59. The third-order valence-corrected chi connectivity index (χ3v) is 15.0. The number of likely N-dealkylation sites (N-methyl/N-ethyl adjacent to an activating group) is 1. The Hall–Kier alpha value is -4.11. The summed E-state index contributed by atoms with van der Waals surface area (Å²) in [4.78, 5) is 34.9. The van der Waals surface area contributed by atoms with Crippen molar-refractivity contribution >= 4 is 32.9 Å². The van der Waals surface area contributed by atoms with Crippen LogP contribution in [-0.4, -0.2) is 97.1 Å². The summed E-state index contributed by atoms with van der Waals surface area (Å²) in [6.07, 6.45) is 8.14. The maximum atomic E-state index is 14.2. The van der Waals surface area contributed by atoms with Crippen LogP contribution in [-0.2, 0) is 9.84 Å². The van der Waals surface area contributed by atoms with Crippen LogP contribution in [0.3, 0.4) is 0 Å². The van der Waals surface area contributed by atoms with Crippen molar-refractivity contribution in [1.82, 2.24) is 14.8 Å². The van der Waals surface area contributed by atoms with E-state index in [4.69, 9.17) is 5.73 Å². The van der Waals surface area contributed by atoms with Crippen LogP contribution in [0, 0.1) is 21.4 Å². The van der Waals surface area contributed by atoms with Crippen LogP contribution < -0.4 is 16.0 Å². The Labute approximate surface area is 330 Å². The van der Waals surface area contributed by atoms with E-state index in [1.165, 1.54) is 23.3 Å². The van der Waals surface area contributed by atoms with Gasteiger partial charge in [0, 0.05) is 69.3 Å². The summed E-state index contributed by atoms with van der Waals surface area (Å²) in [5.74, 6) is -0.281. The van der Waals surface area contributed by atoms with Gasteiger partial charge in [-0.25, -0.2) is 13.4 Å². The number of aromatic nitrogens is 1. The van der Waals surface area contributed by atoms with Crippen molar-refractivity contribution in [1.29, 1.82) is 0 Å². The second-order valence-corrected chi connectivity index (χ2v) is 19.4. The second-order valence-electron chi connectivity index (χ2n) is 17.5. The van der Waals surface area contributed by atoms with Crippen molar-refractivity contribution < 1.29 is 23.2 Å². The first-order valence-electron chi connectivity index (χ1n) is 20.1. The molecule has 56 heavy (non-hydrogen) atoms. The van der Waals surface area contributed by atoms with E-state index in [-0.39, 0.29) is 32.5 Å². The SMILES string of the molecule is CC(C)c1ccccc1[C@@H]1CN(C)CCN1C1CC2(CCN(c3ccc(C(N)=O)c(S(=O)(=O)c4cnc(NCC5CCC(C)(O)CC5)c([N+](=O)[O-])c4)c3)CC2)C1. The molecule has 4 fully saturated rings. The summed E-state index contributed by atoms with van der Waals surface area (Å²) >= 11 is 0. The maximum absolute atomic E-state index is 14.2. The molecule has 13 nitrogen and oxygen atoms in total. The number of amides is 1. The monoisotopic (exact) mass is 787 g/mol. The van der Waals surface area contributed by atoms with Gasteiger partial charge in [0.25, 0.3) is 0 Å². The molecule has 1 aromatic heterocycles. The number of nitrogens with one attached hydrogen (secondary N) is 1. The first kappa shape index (κ1) is 40.1. The maximum Gasteiger partial charge on any atom is 0.312 e. The minimum Gasteiger partial charge on any atom is -0.390 e. The average molecular weight is 788 g/mol. The number of nitro groups is 1. The van der Waals surface area contributed by atoms with Gasteiger partial charge in [-0.3, -0.25) is 19.8 Å². The van der Waals surface area contributed by atoms with Crippen LogP contribution in [0.15, 0.2) is 64.5 Å². The third kappa shape index (κ3) is 8.16. The van der Waals surface area contributed by atoms with Gasteiger partial charge < -0.3 is 26.0 Å². The van der Waals surface area contributed by atoms with E-state index < -0.39 is 32.0 Å². The van der Waals surface area contributed by atoms with Crippen LogP contribution in [0.5, 0.6) is 0 Å². The van der Waals surface area contributed by atoms with E-state index in [0.717, 1.165) is 83.5 Å². The molecule has 1 atom stereocenters. The van der Waals surface area contributed by atoms with Gasteiger partial charge in [-0.15, -0.1) is 0 Å². The molecule has 4 N–H and O–H groups in total. The first-order chi connectivity index (χ1) is 26.6. The van der Waals surface area contributed by atoms with Gasteiger partial charge in [0.1, 0.15) is 0 Å². The number of primary amides is 1. The molecule has 302 valence electrons. The molecule has 1 amide bonds. The van der Waals surface area contributed by atoms with E-state index >= 15 is 0 Å². The number of carbonyl (C=O) groups excluding carboxylic acids is 1. The molecular weight excluding hydrogens is 731 g/mol. The zero-order chi connectivity index (χ0) is 40.0. The number of sulfone groups is 1. The van der Waals surface area contributed by atoms with Gasteiger partial charge in [0.15, 0.2) is 0 Å². The molecule has 2 saturated heterocycles. The predicted molar refractivity (Wildman–Crippen MR) is 217 cm³/mol. The molecule has 1 spiro atoms. The van der Waals surface area contributed by atoms with Gasteiger partial charge in [0.05, 0.1) is 25.9 Å². The van der Waals surface area contributed by atoms with Crippen molar-refractivity contribution in [3.8, 4) is 0 Å². The van der Waals surface area contributed by atoms with Gasteiger partial charge in [0.2, 0.25) is 21.6 Å². The van der Waals surface area contributed by atoms with Gasteiger partial charge >= 0.3 is 5.69 Å². The number of rotatable bonds is 11. The molecule has 2 saturated carbocycles. The number of aliphatic hydroxyl groups is 1. The van der Waals surface area contributed by atoms with Crippen LogP contribution in [0.4, 0.5) is 17.2 Å². The fraction of sp³-hybridized carbons (Fsp3) is 0.571. The van der Waals surface area contributed by atoms with Gasteiger partial charge in [-0.05, 0) is 112 Å². The highest BCUT2D eigenvalue weighted by Gasteiger charge is 2.50. The molecule has 3 aromatic rings. The van der Waals surface area contributed by atoms with Crippen molar-refractivity contribution in [3.05, 3.63) is 81.5 Å². The molecule has 7 rings (SSSR count).